The van der Waals surface area contributed by atoms with Gasteiger partial charge in [-0.05, 0) is 49.8 Å². The summed E-state index contributed by atoms with van der Waals surface area (Å²) in [6.45, 7) is 2.25. The number of unbranched alkanes of at least 4 members (excludes halogenated alkanes) is 11. The lowest BCUT2D eigenvalue weighted by Crippen LogP contribution is -2.09. The van der Waals surface area contributed by atoms with E-state index in [1.807, 2.05) is 0 Å². The Balaban J connectivity index is 1.35. The maximum atomic E-state index is 12.9. The van der Waals surface area contributed by atoms with Crippen LogP contribution < -0.4 is 10.2 Å². The van der Waals surface area contributed by atoms with E-state index in [0.29, 0.717) is 12.0 Å². The van der Waals surface area contributed by atoms with E-state index in [9.17, 15) is 19.8 Å². The smallest absolute Gasteiger partial charge is 0.311 e. The van der Waals surface area contributed by atoms with Crippen LogP contribution in [0.1, 0.15) is 96.8 Å². The Morgan fingerprint density at radius 2 is 1.46 bits per heavy atom. The molecule has 6 nitrogen and oxygen atoms in total. The van der Waals surface area contributed by atoms with Crippen LogP contribution in [0.4, 0.5) is 0 Å². The summed E-state index contributed by atoms with van der Waals surface area (Å²) in [5, 5.41) is 20.0. The van der Waals surface area contributed by atoms with Crippen LogP contribution in [0.5, 0.6) is 17.2 Å². The molecule has 0 fully saturated rings. The van der Waals surface area contributed by atoms with Gasteiger partial charge < -0.3 is 19.4 Å². The van der Waals surface area contributed by atoms with Crippen molar-refractivity contribution in [1.82, 2.24) is 0 Å². The van der Waals surface area contributed by atoms with E-state index in [1.54, 1.807) is 12.1 Å². The zero-order chi connectivity index (χ0) is 27.9. The summed E-state index contributed by atoms with van der Waals surface area (Å²) >= 11 is 0. The fourth-order valence-electron chi connectivity index (χ4n) is 4.63. The predicted octanol–water partition coefficient (Wildman–Crippen LogP) is 8.81. The second-order valence-electron chi connectivity index (χ2n) is 10.1. The Hall–Kier alpha value is -3.54. The number of ether oxygens (including phenoxy) is 1. The molecule has 0 unspecified atom stereocenters. The average Bonchev–Trinajstić information content (AvgIpc) is 2.91. The zero-order valence-electron chi connectivity index (χ0n) is 23.1. The monoisotopic (exact) mass is 534 g/mol. The summed E-state index contributed by atoms with van der Waals surface area (Å²) in [6, 6.07) is 8.83. The molecule has 39 heavy (non-hydrogen) atoms. The van der Waals surface area contributed by atoms with Gasteiger partial charge in [0, 0.05) is 18.6 Å². The molecular weight excluding hydrogens is 492 g/mol. The first kappa shape index (κ1) is 30.0. The van der Waals surface area contributed by atoms with Gasteiger partial charge >= 0.3 is 5.97 Å². The molecule has 2 N–H and O–H groups in total. The second kappa shape index (κ2) is 16.4. The molecule has 1 heterocycles. The fraction of sp³-hybridized carbons (Fsp3) is 0.455. The molecule has 0 aliphatic carbocycles. The van der Waals surface area contributed by atoms with E-state index in [1.165, 1.54) is 81.9 Å². The largest absolute Gasteiger partial charge is 0.508 e. The van der Waals surface area contributed by atoms with Crippen LogP contribution in [-0.4, -0.2) is 16.2 Å². The Bertz CT molecular complexity index is 1260. The lowest BCUT2D eigenvalue weighted by molar-refractivity contribution is -0.134. The zero-order valence-corrected chi connectivity index (χ0v) is 23.1. The van der Waals surface area contributed by atoms with Crippen molar-refractivity contribution >= 4 is 16.9 Å². The minimum atomic E-state index is -0.411. The maximum Gasteiger partial charge on any atom is 0.311 e. The highest BCUT2D eigenvalue weighted by Gasteiger charge is 2.16. The highest BCUT2D eigenvalue weighted by atomic mass is 16.5. The van der Waals surface area contributed by atoms with Crippen molar-refractivity contribution < 1.29 is 24.2 Å². The van der Waals surface area contributed by atoms with E-state index in [0.717, 1.165) is 32.1 Å². The van der Waals surface area contributed by atoms with Gasteiger partial charge in [-0.2, -0.15) is 0 Å². The van der Waals surface area contributed by atoms with Gasteiger partial charge in [-0.3, -0.25) is 9.59 Å². The Labute approximate surface area is 231 Å². The molecule has 0 atom stereocenters. The van der Waals surface area contributed by atoms with Gasteiger partial charge in [0.1, 0.15) is 34.5 Å². The molecule has 0 aliphatic rings. The van der Waals surface area contributed by atoms with Crippen LogP contribution in [0.15, 0.2) is 64.0 Å². The summed E-state index contributed by atoms with van der Waals surface area (Å²) in [6.07, 6.45) is 21.7. The second-order valence-corrected chi connectivity index (χ2v) is 10.1. The normalized spacial score (nSPS) is 11.4. The molecule has 0 bridgehead atoms. The van der Waals surface area contributed by atoms with Crippen LogP contribution in [0.3, 0.4) is 0 Å². The molecular formula is C33H42O6. The molecule has 2 aromatic carbocycles. The Morgan fingerprint density at radius 3 is 2.13 bits per heavy atom. The molecule has 1 aromatic heterocycles. The van der Waals surface area contributed by atoms with Crippen LogP contribution in [0, 0.1) is 0 Å². The number of esters is 1. The van der Waals surface area contributed by atoms with E-state index >= 15 is 0 Å². The third-order valence-corrected chi connectivity index (χ3v) is 6.88. The topological polar surface area (TPSA) is 97.0 Å². The molecule has 6 heteroatoms. The van der Waals surface area contributed by atoms with Crippen LogP contribution >= 0.6 is 0 Å². The number of aromatic hydroxyl groups is 2. The van der Waals surface area contributed by atoms with E-state index in [2.05, 4.69) is 19.1 Å². The Kier molecular flexibility index (Phi) is 12.6. The highest BCUT2D eigenvalue weighted by Crippen LogP contribution is 2.31. The minimum absolute atomic E-state index is 0.0117. The molecule has 3 rings (SSSR count). The van der Waals surface area contributed by atoms with Crippen LogP contribution in [0.2, 0.25) is 0 Å². The quantitative estimate of drug-likeness (QED) is 0.0777. The number of hydrogen-bond donors (Lipinski definition) is 2. The number of phenolic OH excluding ortho intramolecular Hbond substituents is 2. The molecule has 3 aromatic rings. The van der Waals surface area contributed by atoms with Gasteiger partial charge in [-0.15, -0.1) is 0 Å². The molecule has 0 saturated heterocycles. The average molecular weight is 535 g/mol. The number of allylic oxidation sites excluding steroid dienone is 2. The van der Waals surface area contributed by atoms with Gasteiger partial charge in [0.15, 0.2) is 0 Å². The molecule has 0 radical (unpaired) electrons. The molecule has 0 saturated carbocycles. The lowest BCUT2D eigenvalue weighted by atomic mass is 10.0. The van der Waals surface area contributed by atoms with E-state index in [-0.39, 0.29) is 39.8 Å². The first-order valence-electron chi connectivity index (χ1n) is 14.4. The van der Waals surface area contributed by atoms with Gasteiger partial charge in [-0.1, -0.05) is 82.6 Å². The molecule has 0 aliphatic heterocycles. The van der Waals surface area contributed by atoms with E-state index in [4.69, 9.17) is 9.15 Å². The third kappa shape index (κ3) is 9.93. The van der Waals surface area contributed by atoms with Crippen molar-refractivity contribution in [2.45, 2.75) is 96.8 Å². The van der Waals surface area contributed by atoms with E-state index < -0.39 is 5.43 Å². The Morgan fingerprint density at radius 1 is 0.846 bits per heavy atom. The van der Waals surface area contributed by atoms with Crippen molar-refractivity contribution in [3.63, 3.8) is 0 Å². The minimum Gasteiger partial charge on any atom is -0.508 e. The highest BCUT2D eigenvalue weighted by molar-refractivity contribution is 5.88. The van der Waals surface area contributed by atoms with Crippen molar-refractivity contribution in [3.05, 3.63) is 65.0 Å². The molecule has 210 valence electrons. The van der Waals surface area contributed by atoms with Gasteiger partial charge in [0.05, 0.1) is 5.56 Å². The van der Waals surface area contributed by atoms with Crippen molar-refractivity contribution in [3.8, 4) is 28.4 Å². The number of carbonyl (C=O) groups excluding carboxylic acids is 1. The summed E-state index contributed by atoms with van der Waals surface area (Å²) in [5.74, 6) is -0.474. The summed E-state index contributed by atoms with van der Waals surface area (Å²) in [5.41, 5.74) is 0.530. The fourth-order valence-corrected chi connectivity index (χ4v) is 4.63. The summed E-state index contributed by atoms with van der Waals surface area (Å²) in [4.78, 5) is 25.2. The predicted molar refractivity (Wildman–Crippen MR) is 156 cm³/mol. The first-order chi connectivity index (χ1) is 19.0. The number of phenols is 2. The van der Waals surface area contributed by atoms with Gasteiger partial charge in [-0.25, -0.2) is 0 Å². The number of benzene rings is 2. The lowest BCUT2D eigenvalue weighted by Gasteiger charge is -2.08. The van der Waals surface area contributed by atoms with Gasteiger partial charge in [0.25, 0.3) is 0 Å². The standard InChI is InChI=1S/C33H42O6/c1-2-3-4-5-6-7-8-9-10-11-12-13-14-15-16-17-31(36)39-27-22-29(35)32-30(23-27)38-24-28(33(32)37)25-18-20-26(34)21-19-25/h9-10,18-24,34-35H,2-8,11-17H2,1H3/b10-9+. The van der Waals surface area contributed by atoms with Gasteiger partial charge in [0.2, 0.25) is 5.43 Å². The number of fused-ring (bicyclic) bond motifs is 1. The SMILES string of the molecule is CCCCCCCC/C=C/CCCCCCCC(=O)Oc1cc(O)c2c(=O)c(-c3ccc(O)cc3)coc2c1. The van der Waals surface area contributed by atoms with Crippen molar-refractivity contribution in [1.29, 1.82) is 0 Å². The van der Waals surface area contributed by atoms with Crippen LogP contribution in [0.25, 0.3) is 22.1 Å². The third-order valence-electron chi connectivity index (χ3n) is 6.88. The van der Waals surface area contributed by atoms with Crippen LogP contribution in [-0.2, 0) is 4.79 Å². The van der Waals surface area contributed by atoms with Crippen molar-refractivity contribution in [2.24, 2.45) is 0 Å². The number of rotatable bonds is 17. The number of hydrogen-bond acceptors (Lipinski definition) is 6. The maximum absolute atomic E-state index is 12.9. The summed E-state index contributed by atoms with van der Waals surface area (Å²) < 4.78 is 11.0. The first-order valence-corrected chi connectivity index (χ1v) is 14.4. The van der Waals surface area contributed by atoms with Crippen molar-refractivity contribution in [2.75, 3.05) is 0 Å². The molecule has 0 spiro atoms. The summed E-state index contributed by atoms with van der Waals surface area (Å²) in [7, 11) is 0. The molecule has 0 amide bonds. The number of carbonyl (C=O) groups is 1.